The average molecular weight is 135 g/mol. The van der Waals surface area contributed by atoms with E-state index in [1.165, 1.54) is 0 Å². The zero-order chi connectivity index (χ0) is 3.54. The largest absolute Gasteiger partial charge is 3.00 e. The fraction of sp³-hybridized carbons (Fsp3) is 0. The maximum atomic E-state index is 2.86. The first-order valence-corrected chi connectivity index (χ1v) is 1.58. The van der Waals surface area contributed by atoms with E-state index >= 15 is 0 Å². The van der Waals surface area contributed by atoms with Crippen molar-refractivity contribution in [2.75, 3.05) is 0 Å². The van der Waals surface area contributed by atoms with Crippen LogP contribution >= 0.6 is 0 Å². The van der Waals surface area contributed by atoms with Crippen LogP contribution in [0.15, 0.2) is 24.3 Å². The molecule has 1 aromatic carbocycles. The molecule has 39 valence electrons. The summed E-state index contributed by atoms with van der Waals surface area (Å²) in [6.07, 6.45) is 0. The predicted molar refractivity (Wildman–Crippen MR) is 27.3 cm³/mol. The maximum absolute atomic E-state index is 2.86. The van der Waals surface area contributed by atoms with Gasteiger partial charge in [0, 0.05) is 0 Å². The summed E-state index contributed by atoms with van der Waals surface area (Å²) in [4.78, 5) is 0. The second-order valence-corrected chi connectivity index (χ2v) is 0.885. The van der Waals surface area contributed by atoms with Gasteiger partial charge in [-0.05, 0) is 0 Å². The Hall–Kier alpha value is -0.131. The SMILES string of the molecule is [CH3-].[Fe+3].[c-]1cc[cH-]c1. The first-order chi connectivity index (χ1) is 2.50. The number of hydrogen-bond donors (Lipinski definition) is 0. The average Bonchev–Trinajstić information content (AvgIpc) is 1.76. The number of rotatable bonds is 0. The van der Waals surface area contributed by atoms with Crippen LogP contribution < -0.4 is 0 Å². The van der Waals surface area contributed by atoms with E-state index in [-0.39, 0.29) is 24.5 Å². The predicted octanol–water partition coefficient (Wildman–Crippen LogP) is 1.65. The first kappa shape index (κ1) is 9.98. The monoisotopic (exact) mass is 135 g/mol. The molecular formula is C6H7Fe. The van der Waals surface area contributed by atoms with Gasteiger partial charge in [0.05, 0.1) is 0 Å². The first-order valence-electron chi connectivity index (χ1n) is 1.58. The summed E-state index contributed by atoms with van der Waals surface area (Å²) >= 11 is 0. The standard InChI is InChI=1S/C5H4.CH3.Fe/c1-2-4-5-3-1;;/h1-4H;1H3;/q-2;-1;+3. The van der Waals surface area contributed by atoms with Gasteiger partial charge in [-0.3, -0.25) is 0 Å². The summed E-state index contributed by atoms with van der Waals surface area (Å²) in [6, 6.07) is 10.5. The molecule has 0 N–H and O–H groups in total. The zero-order valence-corrected chi connectivity index (χ0v) is 5.27. The Morgan fingerprint density at radius 1 is 1.43 bits per heavy atom. The topological polar surface area (TPSA) is 0 Å². The van der Waals surface area contributed by atoms with Crippen molar-refractivity contribution in [1.82, 2.24) is 0 Å². The molecular weight excluding hydrogens is 128 g/mol. The minimum absolute atomic E-state index is 0. The van der Waals surface area contributed by atoms with Gasteiger partial charge in [-0.15, -0.1) is 0 Å². The fourth-order valence-electron chi connectivity index (χ4n) is 0.278. The fourth-order valence-corrected chi connectivity index (χ4v) is 0.278. The Labute approximate surface area is 55.4 Å². The molecule has 1 heteroatoms. The molecule has 1 aromatic rings. The van der Waals surface area contributed by atoms with E-state index in [1.807, 2.05) is 24.3 Å². The van der Waals surface area contributed by atoms with Crippen molar-refractivity contribution in [2.24, 2.45) is 0 Å². The molecule has 0 aliphatic heterocycles. The molecule has 0 aliphatic rings. The molecule has 0 bridgehead atoms. The molecule has 0 saturated carbocycles. The molecule has 0 spiro atoms. The molecule has 0 amide bonds. The van der Waals surface area contributed by atoms with Crippen molar-refractivity contribution < 1.29 is 17.1 Å². The second-order valence-electron chi connectivity index (χ2n) is 0.885. The van der Waals surface area contributed by atoms with Gasteiger partial charge in [0.1, 0.15) is 0 Å². The Balaban J connectivity index is 0. The van der Waals surface area contributed by atoms with Gasteiger partial charge in [-0.25, -0.2) is 0 Å². The second kappa shape index (κ2) is 5.87. The third-order valence-electron chi connectivity index (χ3n) is 0.496. The quantitative estimate of drug-likeness (QED) is 0.374. The molecule has 0 nitrogen and oxygen atoms in total. The Bertz CT molecular complexity index is 60.7. The number of hydrogen-bond acceptors (Lipinski definition) is 0. The maximum Gasteiger partial charge on any atom is 3.00 e. The van der Waals surface area contributed by atoms with Crippen LogP contribution in [-0.2, 0) is 17.1 Å². The summed E-state index contributed by atoms with van der Waals surface area (Å²) in [5.74, 6) is 0. The van der Waals surface area contributed by atoms with E-state index in [4.69, 9.17) is 0 Å². The van der Waals surface area contributed by atoms with Gasteiger partial charge < -0.3 is 37.8 Å². The summed E-state index contributed by atoms with van der Waals surface area (Å²) in [5, 5.41) is 0. The molecule has 0 heterocycles. The minimum Gasteiger partial charge on any atom is -0.376 e. The van der Waals surface area contributed by atoms with E-state index in [0.29, 0.717) is 0 Å². The molecule has 1 rings (SSSR count). The molecule has 7 heavy (non-hydrogen) atoms. The molecule has 0 unspecified atom stereocenters. The van der Waals surface area contributed by atoms with E-state index in [1.54, 1.807) is 0 Å². The van der Waals surface area contributed by atoms with E-state index < -0.39 is 0 Å². The van der Waals surface area contributed by atoms with Crippen LogP contribution in [0.5, 0.6) is 0 Å². The smallest absolute Gasteiger partial charge is 0.376 e. The molecule has 0 atom stereocenters. The van der Waals surface area contributed by atoms with Crippen LogP contribution in [0.25, 0.3) is 0 Å². The van der Waals surface area contributed by atoms with Crippen LogP contribution in [0.1, 0.15) is 0 Å². The minimum atomic E-state index is 0. The molecule has 0 fully saturated rings. The normalized spacial score (nSPS) is 5.71. The van der Waals surface area contributed by atoms with E-state index in [0.717, 1.165) is 0 Å². The van der Waals surface area contributed by atoms with Crippen LogP contribution in [0.2, 0.25) is 0 Å². The van der Waals surface area contributed by atoms with E-state index in [9.17, 15) is 0 Å². The van der Waals surface area contributed by atoms with Crippen molar-refractivity contribution in [3.05, 3.63) is 37.8 Å². The summed E-state index contributed by atoms with van der Waals surface area (Å²) < 4.78 is 0. The van der Waals surface area contributed by atoms with Gasteiger partial charge in [0.2, 0.25) is 0 Å². The molecule has 0 saturated heterocycles. The third kappa shape index (κ3) is 3.71. The van der Waals surface area contributed by atoms with Crippen LogP contribution in [0.3, 0.4) is 0 Å². The summed E-state index contributed by atoms with van der Waals surface area (Å²) in [5.41, 5.74) is 0. The van der Waals surface area contributed by atoms with E-state index in [2.05, 4.69) is 6.07 Å². The van der Waals surface area contributed by atoms with Gasteiger partial charge in [0.15, 0.2) is 0 Å². The van der Waals surface area contributed by atoms with Crippen LogP contribution in [0.4, 0.5) is 0 Å². The van der Waals surface area contributed by atoms with Crippen molar-refractivity contribution >= 4 is 0 Å². The van der Waals surface area contributed by atoms with Gasteiger partial charge >= 0.3 is 17.1 Å². The van der Waals surface area contributed by atoms with Gasteiger partial charge in [-0.2, -0.15) is 0 Å². The summed E-state index contributed by atoms with van der Waals surface area (Å²) in [7, 11) is 0. The molecule has 0 aromatic heterocycles. The van der Waals surface area contributed by atoms with Crippen LogP contribution in [-0.4, -0.2) is 0 Å². The Morgan fingerprint density at radius 2 is 2.14 bits per heavy atom. The molecule has 0 aliphatic carbocycles. The Morgan fingerprint density at radius 3 is 2.29 bits per heavy atom. The van der Waals surface area contributed by atoms with Gasteiger partial charge in [-0.1, -0.05) is 0 Å². The van der Waals surface area contributed by atoms with Crippen molar-refractivity contribution in [1.29, 1.82) is 0 Å². The van der Waals surface area contributed by atoms with Gasteiger partial charge in [0.25, 0.3) is 0 Å². The van der Waals surface area contributed by atoms with Crippen molar-refractivity contribution in [2.45, 2.75) is 0 Å². The van der Waals surface area contributed by atoms with Crippen molar-refractivity contribution in [3.63, 3.8) is 0 Å². The Kier molecular flexibility index (Phi) is 8.37. The third-order valence-corrected chi connectivity index (χ3v) is 0.496. The van der Waals surface area contributed by atoms with Crippen molar-refractivity contribution in [3.8, 4) is 0 Å². The molecule has 1 radical (unpaired) electrons. The van der Waals surface area contributed by atoms with Crippen LogP contribution in [0, 0.1) is 13.5 Å². The summed E-state index contributed by atoms with van der Waals surface area (Å²) in [6.45, 7) is 0. The zero-order valence-electron chi connectivity index (χ0n) is 4.16.